The van der Waals surface area contributed by atoms with E-state index >= 15 is 0 Å². The number of methoxy groups -OCH3 is 1. The zero-order valence-corrected chi connectivity index (χ0v) is 15.2. The molecule has 1 heterocycles. The van der Waals surface area contributed by atoms with Gasteiger partial charge in [-0.15, -0.1) is 11.3 Å². The van der Waals surface area contributed by atoms with E-state index < -0.39 is 5.97 Å². The molecule has 0 aliphatic rings. The van der Waals surface area contributed by atoms with Gasteiger partial charge in [-0.25, -0.2) is 4.79 Å². The zero-order valence-electron chi connectivity index (χ0n) is 14.4. The Morgan fingerprint density at radius 2 is 1.88 bits per heavy atom. The number of ether oxygens (including phenoxy) is 2. The van der Waals surface area contributed by atoms with Gasteiger partial charge in [0.2, 0.25) is 0 Å². The van der Waals surface area contributed by atoms with Gasteiger partial charge in [0.25, 0.3) is 5.91 Å². The minimum absolute atomic E-state index is 0.266. The van der Waals surface area contributed by atoms with Crippen LogP contribution in [0.15, 0.2) is 24.3 Å². The number of nitrogens with one attached hydrogen (secondary N) is 1. The lowest BCUT2D eigenvalue weighted by Crippen LogP contribution is -2.11. The van der Waals surface area contributed by atoms with Crippen molar-refractivity contribution in [3.05, 3.63) is 45.8 Å². The molecule has 6 nitrogen and oxygen atoms in total. The van der Waals surface area contributed by atoms with Crippen LogP contribution < -0.4 is 10.1 Å². The monoisotopic (exact) mass is 358 g/mol. The Balaban J connectivity index is 2.28. The van der Waals surface area contributed by atoms with Gasteiger partial charge in [-0.2, -0.15) is 5.26 Å². The van der Waals surface area contributed by atoms with E-state index in [0.29, 0.717) is 26.8 Å². The first-order valence-corrected chi connectivity index (χ1v) is 8.38. The highest BCUT2D eigenvalue weighted by Crippen LogP contribution is 2.33. The lowest BCUT2D eigenvalue weighted by molar-refractivity contribution is 0.0383. The molecule has 1 amide bonds. The second-order valence-corrected chi connectivity index (χ2v) is 6.53. The van der Waals surface area contributed by atoms with E-state index in [2.05, 4.69) is 5.32 Å². The number of esters is 1. The van der Waals surface area contributed by atoms with Crippen LogP contribution >= 0.6 is 11.3 Å². The number of thiophene rings is 1. The fourth-order valence-corrected chi connectivity index (χ4v) is 3.15. The topological polar surface area (TPSA) is 88.4 Å². The number of rotatable bonds is 5. The predicted octanol–water partition coefficient (Wildman–Crippen LogP) is 3.75. The Hall–Kier alpha value is -2.85. The average Bonchev–Trinajstić information content (AvgIpc) is 2.89. The van der Waals surface area contributed by atoms with Crippen molar-refractivity contribution in [1.29, 1.82) is 5.26 Å². The lowest BCUT2D eigenvalue weighted by atomic mass is 10.1. The van der Waals surface area contributed by atoms with Crippen LogP contribution in [0.3, 0.4) is 0 Å². The molecule has 0 saturated carbocycles. The van der Waals surface area contributed by atoms with Gasteiger partial charge in [0.05, 0.1) is 18.8 Å². The molecule has 0 spiro atoms. The molecule has 0 saturated heterocycles. The largest absolute Gasteiger partial charge is 0.497 e. The highest BCUT2D eigenvalue weighted by atomic mass is 32.1. The summed E-state index contributed by atoms with van der Waals surface area (Å²) in [5, 5.41) is 12.4. The minimum atomic E-state index is -0.501. The van der Waals surface area contributed by atoms with Crippen molar-refractivity contribution in [2.45, 2.75) is 26.9 Å². The molecule has 0 unspecified atom stereocenters. The molecule has 25 heavy (non-hydrogen) atoms. The van der Waals surface area contributed by atoms with Crippen LogP contribution in [0.25, 0.3) is 0 Å². The van der Waals surface area contributed by atoms with Gasteiger partial charge in [-0.05, 0) is 50.6 Å². The molecule has 0 aliphatic carbocycles. The van der Waals surface area contributed by atoms with E-state index in [-0.39, 0.29) is 17.6 Å². The fourth-order valence-electron chi connectivity index (χ4n) is 2.12. The third-order valence-corrected chi connectivity index (χ3v) is 4.55. The van der Waals surface area contributed by atoms with Crippen LogP contribution in [0.2, 0.25) is 0 Å². The summed E-state index contributed by atoms with van der Waals surface area (Å²) in [6, 6.07) is 8.62. The molecule has 2 aromatic rings. The molecule has 0 bridgehead atoms. The normalized spacial score (nSPS) is 10.2. The van der Waals surface area contributed by atoms with Gasteiger partial charge in [-0.1, -0.05) is 0 Å². The molecule has 0 atom stereocenters. The second-order valence-electron chi connectivity index (χ2n) is 5.51. The first-order valence-electron chi connectivity index (χ1n) is 7.57. The molecular weight excluding hydrogens is 340 g/mol. The molecule has 130 valence electrons. The van der Waals surface area contributed by atoms with Crippen molar-refractivity contribution >= 4 is 28.2 Å². The van der Waals surface area contributed by atoms with Crippen molar-refractivity contribution in [1.82, 2.24) is 0 Å². The SMILES string of the molecule is COc1ccc(C(=O)Nc2sc(C(=O)OC(C)C)c(C)c2C#N)cc1. The first-order chi connectivity index (χ1) is 11.9. The van der Waals surface area contributed by atoms with E-state index in [9.17, 15) is 14.9 Å². The molecule has 1 aromatic heterocycles. The van der Waals surface area contributed by atoms with Crippen molar-refractivity contribution in [3.63, 3.8) is 0 Å². The molecule has 7 heteroatoms. The molecule has 0 radical (unpaired) electrons. The number of nitrogens with zero attached hydrogens (tertiary/aromatic N) is 1. The number of benzene rings is 1. The summed E-state index contributed by atoms with van der Waals surface area (Å²) in [7, 11) is 1.54. The smallest absolute Gasteiger partial charge is 0.348 e. The van der Waals surface area contributed by atoms with Gasteiger partial charge in [0.15, 0.2) is 0 Å². The molecule has 1 aromatic carbocycles. The summed E-state index contributed by atoms with van der Waals surface area (Å²) in [6.07, 6.45) is -0.267. The standard InChI is InChI=1S/C18H18N2O4S/c1-10(2)24-18(22)15-11(3)14(9-19)17(25-15)20-16(21)12-5-7-13(23-4)8-6-12/h5-8,10H,1-4H3,(H,20,21). The highest BCUT2D eigenvalue weighted by Gasteiger charge is 2.23. The Labute approximate surface area is 150 Å². The van der Waals surface area contributed by atoms with Crippen LogP contribution in [0.5, 0.6) is 5.75 Å². The molecule has 1 N–H and O–H groups in total. The number of amides is 1. The zero-order chi connectivity index (χ0) is 18.6. The number of hydrogen-bond acceptors (Lipinski definition) is 6. The third kappa shape index (κ3) is 4.17. The summed E-state index contributed by atoms with van der Waals surface area (Å²) >= 11 is 1.04. The van der Waals surface area contributed by atoms with Crippen molar-refractivity contribution in [3.8, 4) is 11.8 Å². The first kappa shape index (κ1) is 18.5. The van der Waals surface area contributed by atoms with E-state index in [1.54, 1.807) is 52.1 Å². The van der Waals surface area contributed by atoms with Crippen LogP contribution in [-0.2, 0) is 4.74 Å². The van der Waals surface area contributed by atoms with Crippen LogP contribution in [0, 0.1) is 18.3 Å². The Morgan fingerprint density at radius 1 is 1.24 bits per heavy atom. The summed E-state index contributed by atoms with van der Waals surface area (Å²) in [5.74, 6) is -0.233. The molecule has 0 fully saturated rings. The Kier molecular flexibility index (Phi) is 5.78. The lowest BCUT2D eigenvalue weighted by Gasteiger charge is -2.06. The van der Waals surface area contributed by atoms with Gasteiger partial charge in [-0.3, -0.25) is 4.79 Å². The Morgan fingerprint density at radius 3 is 2.40 bits per heavy atom. The Bertz CT molecular complexity index is 832. The molecular formula is C18H18N2O4S. The van der Waals surface area contributed by atoms with Crippen LogP contribution in [0.1, 0.15) is 45.0 Å². The number of carbonyl (C=O) groups is 2. The van der Waals surface area contributed by atoms with E-state index in [1.165, 1.54) is 0 Å². The molecule has 2 rings (SSSR count). The second kappa shape index (κ2) is 7.81. The number of anilines is 1. The predicted molar refractivity (Wildman–Crippen MR) is 95.3 cm³/mol. The quantitative estimate of drug-likeness (QED) is 0.822. The van der Waals surface area contributed by atoms with Crippen LogP contribution in [-0.4, -0.2) is 25.1 Å². The van der Waals surface area contributed by atoms with E-state index in [4.69, 9.17) is 9.47 Å². The number of hydrogen-bond donors (Lipinski definition) is 1. The summed E-state index contributed by atoms with van der Waals surface area (Å²) in [5.41, 5.74) is 1.19. The third-order valence-electron chi connectivity index (χ3n) is 3.37. The maximum absolute atomic E-state index is 12.4. The van der Waals surface area contributed by atoms with Gasteiger partial charge in [0, 0.05) is 5.56 Å². The summed E-state index contributed by atoms with van der Waals surface area (Å²) in [6.45, 7) is 5.16. The number of carbonyl (C=O) groups excluding carboxylic acids is 2. The summed E-state index contributed by atoms with van der Waals surface area (Å²) < 4.78 is 10.2. The van der Waals surface area contributed by atoms with E-state index in [1.807, 2.05) is 6.07 Å². The maximum Gasteiger partial charge on any atom is 0.348 e. The highest BCUT2D eigenvalue weighted by molar-refractivity contribution is 7.18. The average molecular weight is 358 g/mol. The number of nitriles is 1. The fraction of sp³-hybridized carbons (Fsp3) is 0.278. The van der Waals surface area contributed by atoms with Gasteiger partial charge < -0.3 is 14.8 Å². The maximum atomic E-state index is 12.4. The molecule has 0 aliphatic heterocycles. The van der Waals surface area contributed by atoms with Crippen molar-refractivity contribution in [2.24, 2.45) is 0 Å². The van der Waals surface area contributed by atoms with Gasteiger partial charge >= 0.3 is 5.97 Å². The van der Waals surface area contributed by atoms with Gasteiger partial charge in [0.1, 0.15) is 21.7 Å². The minimum Gasteiger partial charge on any atom is -0.497 e. The van der Waals surface area contributed by atoms with Crippen LogP contribution in [0.4, 0.5) is 5.00 Å². The van der Waals surface area contributed by atoms with E-state index in [0.717, 1.165) is 11.3 Å². The van der Waals surface area contributed by atoms with Crippen molar-refractivity contribution in [2.75, 3.05) is 12.4 Å². The van der Waals surface area contributed by atoms with Crippen molar-refractivity contribution < 1.29 is 19.1 Å². The summed E-state index contributed by atoms with van der Waals surface area (Å²) in [4.78, 5) is 24.8.